The highest BCUT2D eigenvalue weighted by Crippen LogP contribution is 2.38. The third-order valence-corrected chi connectivity index (χ3v) is 3.77. The number of para-hydroxylation sites is 1. The number of amidine groups is 1. The molecule has 5 heteroatoms. The van der Waals surface area contributed by atoms with E-state index in [-0.39, 0.29) is 17.7 Å². The molecule has 1 fully saturated rings. The van der Waals surface area contributed by atoms with E-state index in [0.717, 1.165) is 18.5 Å². The number of anilines is 1. The lowest BCUT2D eigenvalue weighted by atomic mass is 10.0. The van der Waals surface area contributed by atoms with E-state index in [0.29, 0.717) is 18.9 Å². The first-order chi connectivity index (χ1) is 9.63. The third kappa shape index (κ3) is 3.50. The lowest BCUT2D eigenvalue weighted by Gasteiger charge is -2.26. The van der Waals surface area contributed by atoms with Crippen molar-refractivity contribution in [1.82, 2.24) is 0 Å². The molecular formula is C15H21N3O2. The van der Waals surface area contributed by atoms with Gasteiger partial charge in [0.15, 0.2) is 0 Å². The van der Waals surface area contributed by atoms with E-state index >= 15 is 0 Å². The summed E-state index contributed by atoms with van der Waals surface area (Å²) in [6.07, 6.45) is 2.63. The van der Waals surface area contributed by atoms with Crippen molar-refractivity contribution < 1.29 is 10.0 Å². The van der Waals surface area contributed by atoms with E-state index < -0.39 is 0 Å². The smallest absolute Gasteiger partial charge is 0.230 e. The van der Waals surface area contributed by atoms with Crippen molar-refractivity contribution in [3.63, 3.8) is 0 Å². The molecule has 1 aliphatic carbocycles. The summed E-state index contributed by atoms with van der Waals surface area (Å²) in [6, 6.07) is 9.54. The first-order valence-corrected chi connectivity index (χ1v) is 6.96. The Labute approximate surface area is 119 Å². The second-order valence-electron chi connectivity index (χ2n) is 5.29. The molecule has 0 aromatic heterocycles. The van der Waals surface area contributed by atoms with E-state index in [9.17, 15) is 4.79 Å². The minimum absolute atomic E-state index is 0.0301. The van der Waals surface area contributed by atoms with Gasteiger partial charge in [0, 0.05) is 24.6 Å². The van der Waals surface area contributed by atoms with Crippen molar-refractivity contribution in [2.75, 3.05) is 11.4 Å². The van der Waals surface area contributed by atoms with Crippen molar-refractivity contribution in [3.8, 4) is 0 Å². The Morgan fingerprint density at radius 1 is 1.45 bits per heavy atom. The van der Waals surface area contributed by atoms with Crippen LogP contribution < -0.4 is 10.6 Å². The van der Waals surface area contributed by atoms with Gasteiger partial charge in [0.05, 0.1) is 0 Å². The molecule has 2 rings (SSSR count). The molecule has 0 bridgehead atoms. The van der Waals surface area contributed by atoms with E-state index in [1.165, 1.54) is 0 Å². The van der Waals surface area contributed by atoms with Crippen molar-refractivity contribution in [1.29, 1.82) is 0 Å². The Morgan fingerprint density at radius 2 is 2.10 bits per heavy atom. The second-order valence-corrected chi connectivity index (χ2v) is 5.29. The summed E-state index contributed by atoms with van der Waals surface area (Å²) in [5, 5.41) is 11.6. The van der Waals surface area contributed by atoms with Crippen LogP contribution in [0.3, 0.4) is 0 Å². The van der Waals surface area contributed by atoms with Gasteiger partial charge in [0.1, 0.15) is 5.84 Å². The average Bonchev–Trinajstić information content (AvgIpc) is 3.32. The molecule has 0 radical (unpaired) electrons. The van der Waals surface area contributed by atoms with E-state index in [1.54, 1.807) is 4.90 Å². The fourth-order valence-corrected chi connectivity index (χ4v) is 2.29. The zero-order valence-electron chi connectivity index (χ0n) is 11.7. The van der Waals surface area contributed by atoms with Gasteiger partial charge in [0.2, 0.25) is 5.91 Å². The molecule has 1 aliphatic rings. The minimum atomic E-state index is 0.0301. The third-order valence-electron chi connectivity index (χ3n) is 3.77. The molecule has 0 heterocycles. The molecule has 20 heavy (non-hydrogen) atoms. The topological polar surface area (TPSA) is 78.9 Å². The number of amides is 1. The Kier molecular flexibility index (Phi) is 4.61. The lowest BCUT2D eigenvalue weighted by Crippen LogP contribution is -2.38. The van der Waals surface area contributed by atoms with Gasteiger partial charge >= 0.3 is 0 Å². The summed E-state index contributed by atoms with van der Waals surface area (Å²) in [5.74, 6) is 0.794. The quantitative estimate of drug-likeness (QED) is 0.361. The molecule has 0 aliphatic heterocycles. The fourth-order valence-electron chi connectivity index (χ4n) is 2.29. The first kappa shape index (κ1) is 14.4. The zero-order chi connectivity index (χ0) is 14.5. The van der Waals surface area contributed by atoms with Crippen molar-refractivity contribution in [2.24, 2.45) is 22.7 Å². The van der Waals surface area contributed by atoms with Gasteiger partial charge in [-0.1, -0.05) is 30.3 Å². The predicted molar refractivity (Wildman–Crippen MR) is 78.7 cm³/mol. The SMILES string of the molecule is CC(C(=O)N(CC/C(N)=N/O)c1ccccc1)C1CC1. The summed E-state index contributed by atoms with van der Waals surface area (Å²) in [5.41, 5.74) is 6.37. The number of oxime groups is 1. The molecule has 108 valence electrons. The van der Waals surface area contributed by atoms with Crippen LogP contribution in [0.15, 0.2) is 35.5 Å². The summed E-state index contributed by atoms with van der Waals surface area (Å²) < 4.78 is 0. The zero-order valence-corrected chi connectivity index (χ0v) is 11.7. The van der Waals surface area contributed by atoms with Gasteiger partial charge in [-0.05, 0) is 30.9 Å². The number of hydrogen-bond acceptors (Lipinski definition) is 3. The van der Waals surface area contributed by atoms with Gasteiger partial charge in [-0.15, -0.1) is 0 Å². The van der Waals surface area contributed by atoms with Gasteiger partial charge < -0.3 is 15.8 Å². The summed E-state index contributed by atoms with van der Waals surface area (Å²) >= 11 is 0. The van der Waals surface area contributed by atoms with Crippen LogP contribution in [0.2, 0.25) is 0 Å². The standard InChI is InChI=1S/C15H21N3O2/c1-11(12-7-8-12)15(19)18(10-9-14(16)17-20)13-5-3-2-4-6-13/h2-6,11-12,20H,7-10H2,1H3,(H2,16,17). The van der Waals surface area contributed by atoms with E-state index in [2.05, 4.69) is 5.16 Å². The molecule has 5 nitrogen and oxygen atoms in total. The first-order valence-electron chi connectivity index (χ1n) is 6.96. The van der Waals surface area contributed by atoms with Crippen LogP contribution >= 0.6 is 0 Å². The number of hydrogen-bond donors (Lipinski definition) is 2. The molecular weight excluding hydrogens is 254 g/mol. The maximum atomic E-state index is 12.6. The Bertz CT molecular complexity index is 483. The number of nitrogens with two attached hydrogens (primary N) is 1. The van der Waals surface area contributed by atoms with Crippen LogP contribution in [0, 0.1) is 11.8 Å². The van der Waals surface area contributed by atoms with Crippen LogP contribution in [0.4, 0.5) is 5.69 Å². The fraction of sp³-hybridized carbons (Fsp3) is 0.467. The number of benzene rings is 1. The highest BCUT2D eigenvalue weighted by molar-refractivity contribution is 5.96. The number of nitrogens with zero attached hydrogens (tertiary/aromatic N) is 2. The molecule has 0 spiro atoms. The van der Waals surface area contributed by atoms with Crippen LogP contribution in [0.1, 0.15) is 26.2 Å². The van der Waals surface area contributed by atoms with Crippen molar-refractivity contribution >= 4 is 17.4 Å². The Morgan fingerprint density at radius 3 is 2.65 bits per heavy atom. The summed E-state index contributed by atoms with van der Waals surface area (Å²) in [6.45, 7) is 2.41. The van der Waals surface area contributed by atoms with Crippen LogP contribution in [-0.4, -0.2) is 23.5 Å². The predicted octanol–water partition coefficient (Wildman–Crippen LogP) is 2.20. The average molecular weight is 275 g/mol. The van der Waals surface area contributed by atoms with Crippen LogP contribution in [0.5, 0.6) is 0 Å². The van der Waals surface area contributed by atoms with Crippen molar-refractivity contribution in [2.45, 2.75) is 26.2 Å². The van der Waals surface area contributed by atoms with Gasteiger partial charge in [-0.2, -0.15) is 0 Å². The molecule has 1 aromatic rings. The highest BCUT2D eigenvalue weighted by Gasteiger charge is 2.35. The minimum Gasteiger partial charge on any atom is -0.409 e. The molecule has 1 unspecified atom stereocenters. The van der Waals surface area contributed by atoms with Crippen molar-refractivity contribution in [3.05, 3.63) is 30.3 Å². The molecule has 1 atom stereocenters. The normalized spacial score (nSPS) is 16.8. The second kappa shape index (κ2) is 6.41. The molecule has 1 saturated carbocycles. The maximum Gasteiger partial charge on any atom is 0.230 e. The Hall–Kier alpha value is -2.04. The van der Waals surface area contributed by atoms with Crippen LogP contribution in [-0.2, 0) is 4.79 Å². The van der Waals surface area contributed by atoms with E-state index in [1.807, 2.05) is 37.3 Å². The van der Waals surface area contributed by atoms with E-state index in [4.69, 9.17) is 10.9 Å². The van der Waals surface area contributed by atoms with Gasteiger partial charge in [-0.3, -0.25) is 4.79 Å². The van der Waals surface area contributed by atoms with Gasteiger partial charge in [-0.25, -0.2) is 0 Å². The monoisotopic (exact) mass is 275 g/mol. The Balaban J connectivity index is 2.12. The molecule has 1 amide bonds. The molecule has 1 aromatic carbocycles. The maximum absolute atomic E-state index is 12.6. The summed E-state index contributed by atoms with van der Waals surface area (Å²) in [4.78, 5) is 14.3. The van der Waals surface area contributed by atoms with Crippen LogP contribution in [0.25, 0.3) is 0 Å². The number of carbonyl (C=O) groups excluding carboxylic acids is 1. The number of rotatable bonds is 6. The largest absolute Gasteiger partial charge is 0.409 e. The molecule has 0 saturated heterocycles. The lowest BCUT2D eigenvalue weighted by molar-refractivity contribution is -0.122. The summed E-state index contributed by atoms with van der Waals surface area (Å²) in [7, 11) is 0. The molecule has 3 N–H and O–H groups in total. The number of carbonyl (C=O) groups is 1. The highest BCUT2D eigenvalue weighted by atomic mass is 16.4. The van der Waals surface area contributed by atoms with Gasteiger partial charge in [0.25, 0.3) is 0 Å².